The second kappa shape index (κ2) is 6.01. The maximum Gasteiger partial charge on any atom is 0.314 e. The average Bonchev–Trinajstić information content (AvgIpc) is 2.38. The van der Waals surface area contributed by atoms with E-state index in [-0.39, 0.29) is 17.5 Å². The lowest BCUT2D eigenvalue weighted by Crippen LogP contribution is -2.19. The van der Waals surface area contributed by atoms with Crippen molar-refractivity contribution >= 4 is 5.97 Å². The highest BCUT2D eigenvalue weighted by molar-refractivity contribution is 5.74. The Bertz CT molecular complexity index is 393. The molecule has 3 nitrogen and oxygen atoms in total. The van der Waals surface area contributed by atoms with E-state index < -0.39 is 0 Å². The zero-order valence-corrected chi connectivity index (χ0v) is 11.8. The number of hydrogen-bond acceptors (Lipinski definition) is 3. The molecule has 0 heterocycles. The minimum absolute atomic E-state index is 0.0694. The van der Waals surface area contributed by atoms with E-state index in [0.29, 0.717) is 5.75 Å². The number of esters is 1. The van der Waals surface area contributed by atoms with Crippen LogP contribution in [0.2, 0.25) is 0 Å². The number of benzene rings is 1. The summed E-state index contributed by atoms with van der Waals surface area (Å²) in [6.45, 7) is 7.82. The van der Waals surface area contributed by atoms with Crippen LogP contribution in [0.4, 0.5) is 0 Å². The molecule has 0 N–H and O–H groups in total. The molecule has 18 heavy (non-hydrogen) atoms. The van der Waals surface area contributed by atoms with Gasteiger partial charge in [0, 0.05) is 7.11 Å². The van der Waals surface area contributed by atoms with Crippen LogP contribution in [0.3, 0.4) is 0 Å². The number of carbonyl (C=O) groups is 1. The smallest absolute Gasteiger partial charge is 0.314 e. The maximum atomic E-state index is 11.6. The van der Waals surface area contributed by atoms with Crippen molar-refractivity contribution in [1.29, 1.82) is 0 Å². The SMILES string of the molecule is CCC(C)C(=O)Oc1ccc(C(C)(C)OC)cc1. The largest absolute Gasteiger partial charge is 0.426 e. The quantitative estimate of drug-likeness (QED) is 0.592. The number of rotatable bonds is 5. The summed E-state index contributed by atoms with van der Waals surface area (Å²) in [6, 6.07) is 7.44. The lowest BCUT2D eigenvalue weighted by atomic mass is 9.98. The van der Waals surface area contributed by atoms with Crippen molar-refractivity contribution in [1.82, 2.24) is 0 Å². The van der Waals surface area contributed by atoms with Crippen LogP contribution in [0.5, 0.6) is 5.75 Å². The average molecular weight is 250 g/mol. The Morgan fingerprint density at radius 1 is 1.28 bits per heavy atom. The van der Waals surface area contributed by atoms with Crippen molar-refractivity contribution in [2.45, 2.75) is 39.7 Å². The Labute approximate surface area is 109 Å². The van der Waals surface area contributed by atoms with Crippen LogP contribution >= 0.6 is 0 Å². The minimum Gasteiger partial charge on any atom is -0.426 e. The predicted octanol–water partition coefficient (Wildman–Crippen LogP) is 3.52. The van der Waals surface area contributed by atoms with Crippen LogP contribution in [-0.2, 0) is 15.1 Å². The van der Waals surface area contributed by atoms with Gasteiger partial charge in [0.05, 0.1) is 11.5 Å². The van der Waals surface area contributed by atoms with Crippen LogP contribution in [0.25, 0.3) is 0 Å². The molecular weight excluding hydrogens is 228 g/mol. The van der Waals surface area contributed by atoms with Crippen LogP contribution in [0.1, 0.15) is 39.7 Å². The molecule has 0 aliphatic rings. The second-order valence-corrected chi connectivity index (χ2v) is 4.97. The summed E-state index contributed by atoms with van der Waals surface area (Å²) in [6.07, 6.45) is 0.785. The van der Waals surface area contributed by atoms with Crippen molar-refractivity contribution in [3.8, 4) is 5.75 Å². The van der Waals surface area contributed by atoms with Crippen LogP contribution < -0.4 is 4.74 Å². The number of ether oxygens (including phenoxy) is 2. The Balaban J connectivity index is 2.75. The standard InChI is InChI=1S/C15H22O3/c1-6-11(2)14(16)18-13-9-7-12(8-10-13)15(3,4)17-5/h7-11H,6H2,1-5H3. The van der Waals surface area contributed by atoms with Crippen molar-refractivity contribution < 1.29 is 14.3 Å². The molecule has 0 saturated carbocycles. The number of hydrogen-bond donors (Lipinski definition) is 0. The van der Waals surface area contributed by atoms with Gasteiger partial charge in [-0.1, -0.05) is 26.0 Å². The van der Waals surface area contributed by atoms with Gasteiger partial charge in [0.15, 0.2) is 0 Å². The normalized spacial score (nSPS) is 13.2. The molecular formula is C15H22O3. The van der Waals surface area contributed by atoms with Gasteiger partial charge in [0.1, 0.15) is 5.75 Å². The van der Waals surface area contributed by atoms with Crippen molar-refractivity contribution in [2.24, 2.45) is 5.92 Å². The zero-order valence-electron chi connectivity index (χ0n) is 11.8. The first kappa shape index (κ1) is 14.7. The summed E-state index contributed by atoms with van der Waals surface area (Å²) in [5.41, 5.74) is 0.715. The molecule has 0 fully saturated rings. The molecule has 100 valence electrons. The zero-order chi connectivity index (χ0) is 13.8. The van der Waals surface area contributed by atoms with E-state index in [1.54, 1.807) is 19.2 Å². The third-order valence-electron chi connectivity index (χ3n) is 3.29. The number of carbonyl (C=O) groups excluding carboxylic acids is 1. The van der Waals surface area contributed by atoms with Crippen LogP contribution in [-0.4, -0.2) is 13.1 Å². The Hall–Kier alpha value is -1.35. The van der Waals surface area contributed by atoms with Gasteiger partial charge in [0.25, 0.3) is 0 Å². The van der Waals surface area contributed by atoms with Gasteiger partial charge in [-0.25, -0.2) is 0 Å². The van der Waals surface area contributed by atoms with Gasteiger partial charge in [-0.2, -0.15) is 0 Å². The Morgan fingerprint density at radius 3 is 2.28 bits per heavy atom. The summed E-state index contributed by atoms with van der Waals surface area (Å²) in [5, 5.41) is 0. The molecule has 1 atom stereocenters. The molecule has 1 rings (SSSR count). The molecule has 0 aromatic heterocycles. The molecule has 0 amide bonds. The molecule has 1 aromatic rings. The van der Waals surface area contributed by atoms with E-state index >= 15 is 0 Å². The first-order valence-electron chi connectivity index (χ1n) is 6.28. The van der Waals surface area contributed by atoms with Gasteiger partial charge in [-0.15, -0.1) is 0 Å². The van der Waals surface area contributed by atoms with E-state index in [0.717, 1.165) is 12.0 Å². The van der Waals surface area contributed by atoms with Crippen LogP contribution in [0.15, 0.2) is 24.3 Å². The lowest BCUT2D eigenvalue weighted by molar-refractivity contribution is -0.138. The van der Waals surface area contributed by atoms with E-state index in [1.165, 1.54) is 0 Å². The molecule has 3 heteroatoms. The van der Waals surface area contributed by atoms with Gasteiger partial charge < -0.3 is 9.47 Å². The summed E-state index contributed by atoms with van der Waals surface area (Å²) >= 11 is 0. The topological polar surface area (TPSA) is 35.5 Å². The van der Waals surface area contributed by atoms with E-state index in [9.17, 15) is 4.79 Å². The van der Waals surface area contributed by atoms with E-state index in [1.807, 2.05) is 39.8 Å². The highest BCUT2D eigenvalue weighted by Gasteiger charge is 2.19. The molecule has 0 aliphatic heterocycles. The molecule has 1 aromatic carbocycles. The third kappa shape index (κ3) is 3.57. The number of methoxy groups -OCH3 is 1. The first-order chi connectivity index (χ1) is 8.40. The summed E-state index contributed by atoms with van der Waals surface area (Å²) in [4.78, 5) is 11.6. The van der Waals surface area contributed by atoms with Crippen molar-refractivity contribution in [2.75, 3.05) is 7.11 Å². The van der Waals surface area contributed by atoms with Gasteiger partial charge in [-0.3, -0.25) is 4.79 Å². The lowest BCUT2D eigenvalue weighted by Gasteiger charge is -2.23. The summed E-state index contributed by atoms with van der Waals surface area (Å²) in [7, 11) is 1.68. The Kier molecular flexibility index (Phi) is 4.91. The maximum absolute atomic E-state index is 11.6. The molecule has 0 bridgehead atoms. The van der Waals surface area contributed by atoms with Crippen LogP contribution in [0, 0.1) is 5.92 Å². The highest BCUT2D eigenvalue weighted by atomic mass is 16.5. The van der Waals surface area contributed by atoms with Gasteiger partial charge in [0.2, 0.25) is 0 Å². The van der Waals surface area contributed by atoms with Crippen molar-refractivity contribution in [3.05, 3.63) is 29.8 Å². The fraction of sp³-hybridized carbons (Fsp3) is 0.533. The van der Waals surface area contributed by atoms with Gasteiger partial charge in [-0.05, 0) is 38.0 Å². The molecule has 0 aliphatic carbocycles. The highest BCUT2D eigenvalue weighted by Crippen LogP contribution is 2.25. The third-order valence-corrected chi connectivity index (χ3v) is 3.29. The second-order valence-electron chi connectivity index (χ2n) is 4.97. The predicted molar refractivity (Wildman–Crippen MR) is 71.6 cm³/mol. The van der Waals surface area contributed by atoms with Gasteiger partial charge >= 0.3 is 5.97 Å². The Morgan fingerprint density at radius 2 is 1.83 bits per heavy atom. The fourth-order valence-corrected chi connectivity index (χ4v) is 1.43. The molecule has 0 spiro atoms. The molecule has 1 unspecified atom stereocenters. The van der Waals surface area contributed by atoms with E-state index in [4.69, 9.17) is 9.47 Å². The fourth-order valence-electron chi connectivity index (χ4n) is 1.43. The monoisotopic (exact) mass is 250 g/mol. The van der Waals surface area contributed by atoms with E-state index in [2.05, 4.69) is 0 Å². The molecule has 0 radical (unpaired) electrons. The summed E-state index contributed by atoms with van der Waals surface area (Å²) in [5.74, 6) is 0.326. The summed E-state index contributed by atoms with van der Waals surface area (Å²) < 4.78 is 10.7. The molecule has 0 saturated heterocycles. The first-order valence-corrected chi connectivity index (χ1v) is 6.28. The minimum atomic E-state index is -0.334. The van der Waals surface area contributed by atoms with Crippen molar-refractivity contribution in [3.63, 3.8) is 0 Å².